The van der Waals surface area contributed by atoms with E-state index in [-0.39, 0.29) is 0 Å². The molecular weight excluding hydrogens is 292 g/mol. The Kier molecular flexibility index (Phi) is 7.81. The van der Waals surface area contributed by atoms with Gasteiger partial charge in [0.15, 0.2) is 0 Å². The number of aryl methyl sites for hydroxylation is 4. The van der Waals surface area contributed by atoms with Crippen molar-refractivity contribution < 1.29 is 0 Å². The Balaban J connectivity index is 2.13. The molecule has 1 heterocycles. The SMILES string of the molecule is CCCCCCCc1nc2cc(C)c(C)cc2n1CCCCCC. The Labute approximate surface area is 148 Å². The first-order valence-electron chi connectivity index (χ1n) is 10.1. The molecule has 0 spiro atoms. The maximum absolute atomic E-state index is 4.99. The van der Waals surface area contributed by atoms with Crippen molar-refractivity contribution >= 4 is 11.0 Å². The summed E-state index contributed by atoms with van der Waals surface area (Å²) < 4.78 is 2.51. The molecule has 0 saturated heterocycles. The maximum atomic E-state index is 4.99. The molecule has 0 saturated carbocycles. The van der Waals surface area contributed by atoms with Crippen LogP contribution in [0.15, 0.2) is 12.1 Å². The van der Waals surface area contributed by atoms with Gasteiger partial charge in [0.25, 0.3) is 0 Å². The summed E-state index contributed by atoms with van der Waals surface area (Å²) in [6.45, 7) is 10.1. The maximum Gasteiger partial charge on any atom is 0.109 e. The van der Waals surface area contributed by atoms with Gasteiger partial charge in [-0.3, -0.25) is 0 Å². The van der Waals surface area contributed by atoms with Crippen LogP contribution in [0.1, 0.15) is 88.6 Å². The Bertz CT molecular complexity index is 624. The molecule has 0 unspecified atom stereocenters. The van der Waals surface area contributed by atoms with Gasteiger partial charge in [-0.1, -0.05) is 58.8 Å². The second-order valence-corrected chi connectivity index (χ2v) is 7.33. The van der Waals surface area contributed by atoms with E-state index in [0.717, 1.165) is 13.0 Å². The van der Waals surface area contributed by atoms with Gasteiger partial charge >= 0.3 is 0 Å². The molecule has 134 valence electrons. The molecule has 0 aliphatic heterocycles. The molecule has 0 aliphatic rings. The molecule has 2 nitrogen and oxygen atoms in total. The number of hydrogen-bond donors (Lipinski definition) is 0. The summed E-state index contributed by atoms with van der Waals surface area (Å²) in [5.74, 6) is 1.31. The second kappa shape index (κ2) is 9.86. The van der Waals surface area contributed by atoms with E-state index in [0.29, 0.717) is 0 Å². The highest BCUT2D eigenvalue weighted by Gasteiger charge is 2.11. The van der Waals surface area contributed by atoms with Crippen molar-refractivity contribution in [1.82, 2.24) is 9.55 Å². The van der Waals surface area contributed by atoms with Crippen molar-refractivity contribution in [3.8, 4) is 0 Å². The average molecular weight is 329 g/mol. The van der Waals surface area contributed by atoms with Gasteiger partial charge in [0.1, 0.15) is 5.82 Å². The topological polar surface area (TPSA) is 17.8 Å². The number of fused-ring (bicyclic) bond motifs is 1. The summed E-state index contributed by atoms with van der Waals surface area (Å²) in [6, 6.07) is 4.62. The van der Waals surface area contributed by atoms with Gasteiger partial charge in [0, 0.05) is 13.0 Å². The monoisotopic (exact) mass is 328 g/mol. The minimum Gasteiger partial charge on any atom is -0.328 e. The molecule has 0 N–H and O–H groups in total. The van der Waals surface area contributed by atoms with Crippen LogP contribution >= 0.6 is 0 Å². The molecule has 1 aromatic carbocycles. The van der Waals surface area contributed by atoms with E-state index in [9.17, 15) is 0 Å². The Hall–Kier alpha value is -1.31. The average Bonchev–Trinajstić information content (AvgIpc) is 2.89. The number of unbranched alkanes of at least 4 members (excludes halogenated alkanes) is 7. The van der Waals surface area contributed by atoms with Crippen LogP contribution in [0, 0.1) is 13.8 Å². The lowest BCUT2D eigenvalue weighted by atomic mass is 10.1. The summed E-state index contributed by atoms with van der Waals surface area (Å²) in [5, 5.41) is 0. The highest BCUT2D eigenvalue weighted by molar-refractivity contribution is 5.78. The molecule has 0 aliphatic carbocycles. The second-order valence-electron chi connectivity index (χ2n) is 7.33. The lowest BCUT2D eigenvalue weighted by Gasteiger charge is -2.10. The van der Waals surface area contributed by atoms with Crippen molar-refractivity contribution in [2.24, 2.45) is 0 Å². The molecule has 0 fully saturated rings. The van der Waals surface area contributed by atoms with Gasteiger partial charge < -0.3 is 4.57 Å². The minimum absolute atomic E-state index is 1.13. The first-order valence-corrected chi connectivity index (χ1v) is 10.1. The minimum atomic E-state index is 1.13. The van der Waals surface area contributed by atoms with Crippen molar-refractivity contribution in [3.05, 3.63) is 29.1 Å². The van der Waals surface area contributed by atoms with E-state index in [1.54, 1.807) is 0 Å². The third-order valence-electron chi connectivity index (χ3n) is 5.18. The van der Waals surface area contributed by atoms with Crippen LogP contribution in [-0.2, 0) is 13.0 Å². The number of imidazole rings is 1. The summed E-state index contributed by atoms with van der Waals surface area (Å²) in [7, 11) is 0. The number of rotatable bonds is 11. The zero-order valence-electron chi connectivity index (χ0n) is 16.3. The fourth-order valence-electron chi connectivity index (χ4n) is 3.45. The molecule has 2 heteroatoms. The highest BCUT2D eigenvalue weighted by atomic mass is 15.1. The van der Waals surface area contributed by atoms with E-state index in [1.807, 2.05) is 0 Å². The van der Waals surface area contributed by atoms with E-state index in [4.69, 9.17) is 4.98 Å². The smallest absolute Gasteiger partial charge is 0.109 e. The van der Waals surface area contributed by atoms with Gasteiger partial charge in [-0.15, -0.1) is 0 Å². The standard InChI is InChI=1S/C22H36N2/c1-5-7-9-11-12-14-22-23-20-16-18(3)19(4)17-21(20)24(22)15-13-10-8-6-2/h16-17H,5-15H2,1-4H3. The van der Waals surface area contributed by atoms with Crippen LogP contribution in [0.25, 0.3) is 11.0 Å². The predicted octanol–water partition coefficient (Wildman–Crippen LogP) is 6.75. The van der Waals surface area contributed by atoms with Crippen LogP contribution in [0.2, 0.25) is 0 Å². The van der Waals surface area contributed by atoms with E-state index >= 15 is 0 Å². The van der Waals surface area contributed by atoms with Gasteiger partial charge in [-0.25, -0.2) is 4.98 Å². The first kappa shape index (κ1) is 19.0. The first-order chi connectivity index (χ1) is 11.7. The summed E-state index contributed by atoms with van der Waals surface area (Å²) in [6.07, 6.45) is 13.0. The van der Waals surface area contributed by atoms with Crippen molar-refractivity contribution in [2.75, 3.05) is 0 Å². The van der Waals surface area contributed by atoms with E-state index < -0.39 is 0 Å². The van der Waals surface area contributed by atoms with Crippen LogP contribution in [0.4, 0.5) is 0 Å². The van der Waals surface area contributed by atoms with Gasteiger partial charge in [0.2, 0.25) is 0 Å². The molecule has 1 aromatic heterocycles. The fraction of sp³-hybridized carbons (Fsp3) is 0.682. The normalized spacial score (nSPS) is 11.5. The van der Waals surface area contributed by atoms with Crippen molar-refractivity contribution in [1.29, 1.82) is 0 Å². The number of benzene rings is 1. The van der Waals surface area contributed by atoms with Crippen LogP contribution in [0.3, 0.4) is 0 Å². The molecule has 0 amide bonds. The van der Waals surface area contributed by atoms with Crippen molar-refractivity contribution in [2.45, 2.75) is 98.4 Å². The number of aromatic nitrogens is 2. The molecule has 0 atom stereocenters. The lowest BCUT2D eigenvalue weighted by Crippen LogP contribution is -2.04. The Morgan fingerprint density at radius 1 is 0.792 bits per heavy atom. The van der Waals surface area contributed by atoms with Crippen LogP contribution in [0.5, 0.6) is 0 Å². The largest absolute Gasteiger partial charge is 0.328 e. The summed E-state index contributed by atoms with van der Waals surface area (Å²) >= 11 is 0. The third kappa shape index (κ3) is 5.09. The fourth-order valence-corrected chi connectivity index (χ4v) is 3.45. The van der Waals surface area contributed by atoms with Crippen molar-refractivity contribution in [3.63, 3.8) is 0 Å². The predicted molar refractivity (Wildman–Crippen MR) is 106 cm³/mol. The Morgan fingerprint density at radius 2 is 1.42 bits per heavy atom. The molecular formula is C22H36N2. The summed E-state index contributed by atoms with van der Waals surface area (Å²) in [5.41, 5.74) is 5.27. The molecule has 0 bridgehead atoms. The number of hydrogen-bond acceptors (Lipinski definition) is 1. The van der Waals surface area contributed by atoms with Crippen LogP contribution in [-0.4, -0.2) is 9.55 Å². The quantitative estimate of drug-likeness (QED) is 0.417. The Morgan fingerprint density at radius 3 is 2.12 bits per heavy atom. The molecule has 24 heavy (non-hydrogen) atoms. The lowest BCUT2D eigenvalue weighted by molar-refractivity contribution is 0.559. The van der Waals surface area contributed by atoms with E-state index in [1.165, 1.54) is 85.8 Å². The zero-order chi connectivity index (χ0) is 17.4. The molecule has 2 aromatic rings. The third-order valence-corrected chi connectivity index (χ3v) is 5.18. The summed E-state index contributed by atoms with van der Waals surface area (Å²) in [4.78, 5) is 4.99. The van der Waals surface area contributed by atoms with Gasteiger partial charge in [0.05, 0.1) is 11.0 Å². The number of nitrogens with zero attached hydrogens (tertiary/aromatic N) is 2. The van der Waals surface area contributed by atoms with Gasteiger partial charge in [-0.2, -0.15) is 0 Å². The zero-order valence-corrected chi connectivity index (χ0v) is 16.3. The molecule has 2 rings (SSSR count). The molecule has 0 radical (unpaired) electrons. The van der Waals surface area contributed by atoms with E-state index in [2.05, 4.69) is 44.4 Å². The highest BCUT2D eigenvalue weighted by Crippen LogP contribution is 2.23. The van der Waals surface area contributed by atoms with Gasteiger partial charge in [-0.05, 0) is 49.9 Å². The van der Waals surface area contributed by atoms with Crippen LogP contribution < -0.4 is 0 Å².